The summed E-state index contributed by atoms with van der Waals surface area (Å²) in [4.78, 5) is 11.6. The Labute approximate surface area is 180 Å². The van der Waals surface area contributed by atoms with Crippen LogP contribution in [0.25, 0.3) is 0 Å². The van der Waals surface area contributed by atoms with Gasteiger partial charge in [-0.1, -0.05) is 67.2 Å². The number of carbonyl (C=O) groups excluding carboxylic acids is 1. The molecule has 0 aromatic heterocycles. The van der Waals surface area contributed by atoms with Crippen LogP contribution in [0.1, 0.15) is 24.5 Å². The summed E-state index contributed by atoms with van der Waals surface area (Å²) in [5.41, 5.74) is 3.24. The van der Waals surface area contributed by atoms with E-state index in [2.05, 4.69) is 79.6 Å². The molecule has 6 nitrogen and oxygen atoms in total. The minimum absolute atomic E-state index is 0.0553. The molecule has 2 rings (SSSR count). The summed E-state index contributed by atoms with van der Waals surface area (Å²) < 4.78 is 28.1. The number of amides is 1. The van der Waals surface area contributed by atoms with Crippen molar-refractivity contribution in [3.8, 4) is 0 Å². The molecule has 2 aromatic carbocycles. The van der Waals surface area contributed by atoms with Crippen molar-refractivity contribution in [2.24, 2.45) is 0 Å². The molecule has 0 saturated carbocycles. The highest BCUT2D eigenvalue weighted by atomic mass is 32.2. The molecule has 0 bridgehead atoms. The molecule has 0 atom stereocenters. The lowest BCUT2D eigenvalue weighted by atomic mass is 10.1. The maximum atomic E-state index is 11.6. The second kappa shape index (κ2) is 12.3. The van der Waals surface area contributed by atoms with Gasteiger partial charge in [-0.05, 0) is 6.92 Å². The van der Waals surface area contributed by atoms with E-state index in [9.17, 15) is 4.79 Å². The van der Waals surface area contributed by atoms with E-state index < -0.39 is 10.1 Å². The van der Waals surface area contributed by atoms with Gasteiger partial charge in [0.05, 0.1) is 23.7 Å². The predicted octanol–water partition coefficient (Wildman–Crippen LogP) is 3.08. The Morgan fingerprint density at radius 2 is 1.40 bits per heavy atom. The zero-order valence-electron chi connectivity index (χ0n) is 18.0. The molecule has 1 amide bonds. The molecule has 0 spiro atoms. The first-order chi connectivity index (χ1) is 14.0. The highest BCUT2D eigenvalue weighted by Crippen LogP contribution is 2.18. The largest absolute Gasteiger partial charge is 0.748 e. The lowest BCUT2D eigenvalue weighted by molar-refractivity contribution is -0.935. The third-order valence-corrected chi connectivity index (χ3v) is 4.36. The monoisotopic (exact) mass is 432 g/mol. The molecule has 7 heteroatoms. The minimum atomic E-state index is -3.92. The van der Waals surface area contributed by atoms with Crippen molar-refractivity contribution in [2.45, 2.75) is 26.4 Å². The van der Waals surface area contributed by atoms with Crippen LogP contribution in [0.4, 0.5) is 0 Å². The molecule has 0 radical (unpaired) electrons. The minimum Gasteiger partial charge on any atom is -0.748 e. The highest BCUT2D eigenvalue weighted by Gasteiger charge is 2.22. The molecular formula is C23H32N2O4S. The van der Waals surface area contributed by atoms with Crippen LogP contribution in [-0.4, -0.2) is 49.8 Å². The van der Waals surface area contributed by atoms with Gasteiger partial charge in [0.15, 0.2) is 0 Å². The Balaban J connectivity index is 0.000000804. The van der Waals surface area contributed by atoms with Gasteiger partial charge in [0.2, 0.25) is 5.91 Å². The fourth-order valence-electron chi connectivity index (χ4n) is 3.08. The summed E-state index contributed by atoms with van der Waals surface area (Å²) in [6.45, 7) is 9.05. The van der Waals surface area contributed by atoms with Gasteiger partial charge in [0.25, 0.3) is 0 Å². The maximum Gasteiger partial charge on any atom is 0.246 e. The SMILES string of the molecule is C=C(C)C(=O)NCCC[N+](C)(Cc1ccccc1)Cc1ccccc1.CS(=O)(=O)[O-]. The lowest BCUT2D eigenvalue weighted by Crippen LogP contribution is -2.44. The van der Waals surface area contributed by atoms with Crippen molar-refractivity contribution >= 4 is 16.0 Å². The van der Waals surface area contributed by atoms with Gasteiger partial charge in [-0.25, -0.2) is 8.42 Å². The Kier molecular flexibility index (Phi) is 10.5. The molecule has 2 aromatic rings. The fourth-order valence-corrected chi connectivity index (χ4v) is 3.08. The van der Waals surface area contributed by atoms with Crippen LogP contribution in [0.5, 0.6) is 0 Å². The molecule has 164 valence electrons. The molecular weight excluding hydrogens is 400 g/mol. The van der Waals surface area contributed by atoms with Crippen molar-refractivity contribution in [1.82, 2.24) is 5.32 Å². The Morgan fingerprint density at radius 3 is 1.77 bits per heavy atom. The molecule has 0 heterocycles. The van der Waals surface area contributed by atoms with Gasteiger partial charge in [-0.3, -0.25) is 4.79 Å². The Bertz CT molecular complexity index is 848. The van der Waals surface area contributed by atoms with Gasteiger partial charge >= 0.3 is 0 Å². The first kappa shape index (κ1) is 25.6. The third-order valence-electron chi connectivity index (χ3n) is 4.36. The van der Waals surface area contributed by atoms with Gasteiger partial charge < -0.3 is 14.4 Å². The average molecular weight is 433 g/mol. The zero-order valence-corrected chi connectivity index (χ0v) is 18.8. The fraction of sp³-hybridized carbons (Fsp3) is 0.348. The average Bonchev–Trinajstić information content (AvgIpc) is 2.65. The topological polar surface area (TPSA) is 86.3 Å². The van der Waals surface area contributed by atoms with Crippen LogP contribution >= 0.6 is 0 Å². The molecule has 1 N–H and O–H groups in total. The van der Waals surface area contributed by atoms with Crippen molar-refractivity contribution in [1.29, 1.82) is 0 Å². The standard InChI is InChI=1S/C22H28N2O.CH4O3S/c1-19(2)22(25)23-15-10-16-24(3,17-20-11-6-4-7-12-20)18-21-13-8-5-9-14-21;1-5(2,3)4/h4-9,11-14H,1,10,15-18H2,2-3H3;1H3,(H,2,3,4). The number of nitrogens with zero attached hydrogens (tertiary/aromatic N) is 1. The summed E-state index contributed by atoms with van der Waals surface area (Å²) in [5.74, 6) is -0.0553. The van der Waals surface area contributed by atoms with E-state index in [0.717, 1.165) is 30.5 Å². The van der Waals surface area contributed by atoms with Crippen LogP contribution in [0.2, 0.25) is 0 Å². The third kappa shape index (κ3) is 12.2. The molecule has 0 saturated heterocycles. The van der Waals surface area contributed by atoms with Crippen molar-refractivity contribution in [3.63, 3.8) is 0 Å². The second-order valence-electron chi connectivity index (χ2n) is 7.72. The van der Waals surface area contributed by atoms with Crippen LogP contribution < -0.4 is 5.32 Å². The van der Waals surface area contributed by atoms with E-state index >= 15 is 0 Å². The summed E-state index contributed by atoms with van der Waals surface area (Å²) in [6, 6.07) is 21.2. The van der Waals surface area contributed by atoms with E-state index in [-0.39, 0.29) is 5.91 Å². The normalized spacial score (nSPS) is 11.2. The van der Waals surface area contributed by atoms with E-state index in [1.165, 1.54) is 11.1 Å². The molecule has 0 aliphatic rings. The number of hydrogen-bond donors (Lipinski definition) is 1. The smallest absolute Gasteiger partial charge is 0.246 e. The number of benzene rings is 2. The zero-order chi connectivity index (χ0) is 22.6. The summed E-state index contributed by atoms with van der Waals surface area (Å²) in [6.07, 6.45) is 1.54. The first-order valence-electron chi connectivity index (χ1n) is 9.74. The van der Waals surface area contributed by atoms with Crippen molar-refractivity contribution in [2.75, 3.05) is 26.4 Å². The number of hydrogen-bond acceptors (Lipinski definition) is 4. The summed E-state index contributed by atoms with van der Waals surface area (Å²) >= 11 is 0. The van der Waals surface area contributed by atoms with Crippen LogP contribution in [0.3, 0.4) is 0 Å². The quantitative estimate of drug-likeness (QED) is 0.286. The van der Waals surface area contributed by atoms with E-state index in [1.54, 1.807) is 6.92 Å². The molecule has 0 aliphatic heterocycles. The number of quaternary nitrogens is 1. The molecule has 0 aliphatic carbocycles. The van der Waals surface area contributed by atoms with Gasteiger partial charge in [-0.15, -0.1) is 0 Å². The number of nitrogens with one attached hydrogen (secondary N) is 1. The van der Waals surface area contributed by atoms with E-state index in [0.29, 0.717) is 18.4 Å². The second-order valence-corrected chi connectivity index (χ2v) is 9.13. The van der Waals surface area contributed by atoms with Crippen LogP contribution in [0, 0.1) is 0 Å². The van der Waals surface area contributed by atoms with Crippen molar-refractivity contribution in [3.05, 3.63) is 83.9 Å². The van der Waals surface area contributed by atoms with Gasteiger partial charge in [0.1, 0.15) is 13.1 Å². The number of rotatable bonds is 9. The summed E-state index contributed by atoms with van der Waals surface area (Å²) in [7, 11) is -1.62. The summed E-state index contributed by atoms with van der Waals surface area (Å²) in [5, 5.41) is 2.93. The molecule has 30 heavy (non-hydrogen) atoms. The van der Waals surface area contributed by atoms with E-state index in [4.69, 9.17) is 13.0 Å². The highest BCUT2D eigenvalue weighted by molar-refractivity contribution is 7.84. The van der Waals surface area contributed by atoms with Crippen LogP contribution in [-0.2, 0) is 28.0 Å². The predicted molar refractivity (Wildman–Crippen MR) is 119 cm³/mol. The Hall–Kier alpha value is -2.48. The lowest BCUT2D eigenvalue weighted by Gasteiger charge is -2.35. The maximum absolute atomic E-state index is 11.6. The first-order valence-corrected chi connectivity index (χ1v) is 11.6. The number of carbonyl (C=O) groups is 1. The Morgan fingerprint density at radius 1 is 1.00 bits per heavy atom. The molecule has 0 fully saturated rings. The van der Waals surface area contributed by atoms with E-state index in [1.807, 2.05) is 0 Å². The van der Waals surface area contributed by atoms with Crippen LogP contribution in [0.15, 0.2) is 72.8 Å². The van der Waals surface area contributed by atoms with Gasteiger partial charge in [0, 0.05) is 35.9 Å². The molecule has 0 unspecified atom stereocenters. The van der Waals surface area contributed by atoms with Gasteiger partial charge in [-0.2, -0.15) is 0 Å². The van der Waals surface area contributed by atoms with Crippen molar-refractivity contribution < 1.29 is 22.2 Å².